The Hall–Kier alpha value is -3.35. The van der Waals surface area contributed by atoms with Crippen molar-refractivity contribution < 1.29 is 17.8 Å². The van der Waals surface area contributed by atoms with Crippen molar-refractivity contribution in [2.75, 3.05) is 5.32 Å². The average molecular weight is 482 g/mol. The number of benzene rings is 4. The van der Waals surface area contributed by atoms with Crippen LogP contribution in [-0.2, 0) is 17.3 Å². The fraction of sp³-hybridized carbons (Fsp3) is 0.0385. The predicted molar refractivity (Wildman–Crippen MR) is 126 cm³/mol. The molecule has 4 rings (SSSR count). The van der Waals surface area contributed by atoms with Crippen LogP contribution in [0.15, 0.2) is 101 Å². The molecule has 33 heavy (non-hydrogen) atoms. The minimum Gasteiger partial charge on any atom is -0.381 e. The maximum atomic E-state index is 14.0. The molecular weight excluding hydrogens is 464 g/mol. The number of ketones is 1. The van der Waals surface area contributed by atoms with Gasteiger partial charge in [0.25, 0.3) is 0 Å². The van der Waals surface area contributed by atoms with Gasteiger partial charge in [0.05, 0.1) is 15.7 Å². The smallest absolute Gasteiger partial charge is 0.193 e. The molecular formula is C26H18ClF2NO2S. The molecule has 1 N–H and O–H groups in total. The van der Waals surface area contributed by atoms with Crippen molar-refractivity contribution in [3.05, 3.63) is 124 Å². The van der Waals surface area contributed by atoms with E-state index in [0.29, 0.717) is 28.8 Å². The van der Waals surface area contributed by atoms with E-state index in [1.807, 2.05) is 24.3 Å². The summed E-state index contributed by atoms with van der Waals surface area (Å²) in [5, 5.41) is 3.96. The van der Waals surface area contributed by atoms with Crippen LogP contribution in [0, 0.1) is 11.6 Å². The molecule has 0 spiro atoms. The van der Waals surface area contributed by atoms with E-state index < -0.39 is 22.4 Å². The number of hydrogen-bond acceptors (Lipinski definition) is 3. The van der Waals surface area contributed by atoms with E-state index in [0.717, 1.165) is 23.4 Å². The zero-order valence-corrected chi connectivity index (χ0v) is 18.8. The number of hydrogen-bond donors (Lipinski definition) is 1. The predicted octanol–water partition coefficient (Wildman–Crippen LogP) is 6.63. The lowest BCUT2D eigenvalue weighted by molar-refractivity contribution is 0.103. The van der Waals surface area contributed by atoms with Crippen LogP contribution in [0.1, 0.15) is 21.5 Å². The minimum absolute atomic E-state index is 0.142. The van der Waals surface area contributed by atoms with Crippen molar-refractivity contribution >= 4 is 33.9 Å². The lowest BCUT2D eigenvalue weighted by Crippen LogP contribution is -2.04. The van der Waals surface area contributed by atoms with Crippen LogP contribution < -0.4 is 5.32 Å². The Balaban J connectivity index is 1.47. The van der Waals surface area contributed by atoms with E-state index >= 15 is 0 Å². The topological polar surface area (TPSA) is 46.2 Å². The third-order valence-corrected chi connectivity index (χ3v) is 6.63. The highest BCUT2D eigenvalue weighted by atomic mass is 35.5. The number of halogens is 3. The molecule has 0 aliphatic heterocycles. The first-order valence-corrected chi connectivity index (χ1v) is 11.5. The van der Waals surface area contributed by atoms with E-state index in [2.05, 4.69) is 5.32 Å². The summed E-state index contributed by atoms with van der Waals surface area (Å²) in [6.45, 7) is 0.609. The molecule has 166 valence electrons. The van der Waals surface area contributed by atoms with Crippen molar-refractivity contribution in [3.8, 4) is 0 Å². The molecule has 0 saturated heterocycles. The lowest BCUT2D eigenvalue weighted by Gasteiger charge is -2.09. The zero-order valence-electron chi connectivity index (χ0n) is 17.2. The molecule has 0 bridgehead atoms. The van der Waals surface area contributed by atoms with E-state index in [-0.39, 0.29) is 15.6 Å². The first-order valence-electron chi connectivity index (χ1n) is 10.0. The second-order valence-electron chi connectivity index (χ2n) is 7.26. The van der Waals surface area contributed by atoms with Crippen molar-refractivity contribution in [2.45, 2.75) is 16.3 Å². The maximum Gasteiger partial charge on any atom is 0.193 e. The van der Waals surface area contributed by atoms with Crippen LogP contribution in [0.5, 0.6) is 0 Å². The van der Waals surface area contributed by atoms with Gasteiger partial charge in [0.15, 0.2) is 5.78 Å². The van der Waals surface area contributed by atoms with Gasteiger partial charge in [-0.05, 0) is 66.2 Å². The zero-order chi connectivity index (χ0) is 23.4. The van der Waals surface area contributed by atoms with E-state index in [4.69, 9.17) is 11.6 Å². The highest BCUT2D eigenvalue weighted by Crippen LogP contribution is 2.23. The first-order chi connectivity index (χ1) is 15.9. The summed E-state index contributed by atoms with van der Waals surface area (Å²) in [4.78, 5) is 13.1. The van der Waals surface area contributed by atoms with Gasteiger partial charge >= 0.3 is 0 Å². The van der Waals surface area contributed by atoms with Gasteiger partial charge in [0.1, 0.15) is 11.6 Å². The van der Waals surface area contributed by atoms with Crippen LogP contribution in [0.2, 0.25) is 5.02 Å². The Bertz CT molecular complexity index is 1330. The number of nitrogens with one attached hydrogen (secondary N) is 1. The number of anilines is 1. The Kier molecular flexibility index (Phi) is 6.96. The summed E-state index contributed by atoms with van der Waals surface area (Å²) < 4.78 is 39.9. The molecule has 7 heteroatoms. The van der Waals surface area contributed by atoms with Gasteiger partial charge in [-0.15, -0.1) is 0 Å². The van der Waals surface area contributed by atoms with Crippen molar-refractivity contribution in [3.63, 3.8) is 0 Å². The number of carbonyl (C=O) groups is 1. The first kappa shape index (κ1) is 22.8. The molecule has 3 nitrogen and oxygen atoms in total. The largest absolute Gasteiger partial charge is 0.381 e. The van der Waals surface area contributed by atoms with Gasteiger partial charge < -0.3 is 5.32 Å². The van der Waals surface area contributed by atoms with Crippen molar-refractivity contribution in [1.82, 2.24) is 0 Å². The Morgan fingerprint density at radius 2 is 1.58 bits per heavy atom. The molecule has 1 atom stereocenters. The molecule has 0 radical (unpaired) electrons. The fourth-order valence-corrected chi connectivity index (χ4v) is 4.46. The number of rotatable bonds is 7. The summed E-state index contributed by atoms with van der Waals surface area (Å²) in [5.41, 5.74) is 2.71. The average Bonchev–Trinajstić information content (AvgIpc) is 2.83. The second-order valence-corrected chi connectivity index (χ2v) is 9.14. The van der Waals surface area contributed by atoms with Gasteiger partial charge in [0.2, 0.25) is 0 Å². The molecule has 4 aromatic rings. The van der Waals surface area contributed by atoms with Crippen LogP contribution >= 0.6 is 11.6 Å². The van der Waals surface area contributed by atoms with E-state index in [9.17, 15) is 17.8 Å². The van der Waals surface area contributed by atoms with Gasteiger partial charge in [-0.3, -0.25) is 4.79 Å². The minimum atomic E-state index is -1.89. The fourth-order valence-electron chi connectivity index (χ4n) is 3.22. The van der Waals surface area contributed by atoms with Gasteiger partial charge in [-0.2, -0.15) is 0 Å². The maximum absolute atomic E-state index is 14.0. The summed E-state index contributed by atoms with van der Waals surface area (Å²) in [6.07, 6.45) is 0. The summed E-state index contributed by atoms with van der Waals surface area (Å²) >= 11 is 5.90. The lowest BCUT2D eigenvalue weighted by atomic mass is 10.0. The molecule has 4 aromatic carbocycles. The van der Waals surface area contributed by atoms with Crippen molar-refractivity contribution in [2.24, 2.45) is 0 Å². The molecule has 0 heterocycles. The normalized spacial score (nSPS) is 11.7. The Labute approximate surface area is 197 Å². The van der Waals surface area contributed by atoms with Crippen LogP contribution in [-0.4, -0.2) is 9.99 Å². The molecule has 0 amide bonds. The molecule has 0 aliphatic carbocycles. The van der Waals surface area contributed by atoms with Crippen LogP contribution in [0.25, 0.3) is 0 Å². The Morgan fingerprint density at radius 1 is 0.848 bits per heavy atom. The summed E-state index contributed by atoms with van der Waals surface area (Å²) in [6, 6.07) is 23.6. The highest BCUT2D eigenvalue weighted by molar-refractivity contribution is 7.85. The van der Waals surface area contributed by atoms with Crippen molar-refractivity contribution in [1.29, 1.82) is 0 Å². The number of carbonyl (C=O) groups excluding carboxylic acids is 1. The third kappa shape index (κ3) is 5.53. The Morgan fingerprint density at radius 3 is 2.27 bits per heavy atom. The highest BCUT2D eigenvalue weighted by Gasteiger charge is 2.16. The van der Waals surface area contributed by atoms with Gasteiger partial charge in [-0.1, -0.05) is 35.9 Å². The molecule has 0 fully saturated rings. The van der Waals surface area contributed by atoms with Gasteiger partial charge in [-0.25, -0.2) is 13.0 Å². The monoisotopic (exact) mass is 481 g/mol. The van der Waals surface area contributed by atoms with Crippen LogP contribution in [0.3, 0.4) is 0 Å². The van der Waals surface area contributed by atoms with E-state index in [1.165, 1.54) is 6.07 Å². The third-order valence-electron chi connectivity index (χ3n) is 4.96. The van der Waals surface area contributed by atoms with E-state index in [1.54, 1.807) is 42.5 Å². The van der Waals surface area contributed by atoms with Crippen LogP contribution in [0.4, 0.5) is 14.5 Å². The molecule has 0 aliphatic rings. The second kappa shape index (κ2) is 10.1. The molecule has 0 aromatic heterocycles. The molecule has 1 unspecified atom stereocenters. The quantitative estimate of drug-likeness (QED) is 0.301. The standard InChI is InChI=1S/C26H18ClF2NO2S/c27-20-8-4-17(5-9-20)16-30-22-11-6-18(7-12-22)26(31)19-2-1-3-23(14-19)33(32)25-13-10-21(28)15-24(25)29/h1-15,30H,16H2. The summed E-state index contributed by atoms with van der Waals surface area (Å²) in [7, 11) is -1.89. The molecule has 0 saturated carbocycles. The van der Waals surface area contributed by atoms with Gasteiger partial charge in [0, 0.05) is 39.3 Å². The summed E-state index contributed by atoms with van der Waals surface area (Å²) in [5.74, 6) is -1.90. The SMILES string of the molecule is O=C(c1ccc(NCc2ccc(Cl)cc2)cc1)c1cccc(S(=O)c2ccc(F)cc2F)c1.